The van der Waals surface area contributed by atoms with Gasteiger partial charge in [0.1, 0.15) is 0 Å². The Kier molecular flexibility index (Phi) is 6.91. The maximum absolute atomic E-state index is 13.1. The summed E-state index contributed by atoms with van der Waals surface area (Å²) in [6.45, 7) is 1.06. The molecule has 0 spiro atoms. The summed E-state index contributed by atoms with van der Waals surface area (Å²) < 4.78 is 27.7. The number of sulfonamides is 1. The number of nitrogens with zero attached hydrogens (tertiary/aromatic N) is 2. The molecule has 0 unspecified atom stereocenters. The molecule has 0 radical (unpaired) electrons. The molecule has 1 saturated heterocycles. The highest BCUT2D eigenvalue weighted by Gasteiger charge is 2.30. The summed E-state index contributed by atoms with van der Waals surface area (Å²) in [6.07, 6.45) is 4.41. The van der Waals surface area contributed by atoms with Crippen LogP contribution in [0.3, 0.4) is 0 Å². The minimum absolute atomic E-state index is 0.0801. The van der Waals surface area contributed by atoms with Crippen LogP contribution in [-0.4, -0.2) is 62.2 Å². The predicted octanol–water partition coefficient (Wildman–Crippen LogP) is 1.76. The number of benzene rings is 2. The quantitative estimate of drug-likeness (QED) is 0.719. The van der Waals surface area contributed by atoms with Crippen molar-refractivity contribution >= 4 is 21.8 Å². The minimum atomic E-state index is -3.58. The average Bonchev–Trinajstić information content (AvgIpc) is 2.83. The average molecular weight is 456 g/mol. The van der Waals surface area contributed by atoms with Gasteiger partial charge in [-0.3, -0.25) is 9.59 Å². The van der Waals surface area contributed by atoms with Crippen LogP contribution in [0.25, 0.3) is 0 Å². The molecule has 0 saturated carbocycles. The molecule has 0 atom stereocenters. The van der Waals surface area contributed by atoms with Crippen molar-refractivity contribution in [1.29, 1.82) is 0 Å². The van der Waals surface area contributed by atoms with E-state index >= 15 is 0 Å². The molecule has 1 N–H and O–H groups in total. The fourth-order valence-corrected chi connectivity index (χ4v) is 5.80. The topological polar surface area (TPSA) is 86.8 Å². The molecular formula is C24H29N3O4S. The second kappa shape index (κ2) is 9.83. The third-order valence-electron chi connectivity index (χ3n) is 6.19. The van der Waals surface area contributed by atoms with Crippen LogP contribution in [0.4, 0.5) is 0 Å². The van der Waals surface area contributed by atoms with E-state index in [4.69, 9.17) is 0 Å². The number of aryl methyl sites for hydroxylation is 2. The van der Waals surface area contributed by atoms with Crippen LogP contribution in [0.1, 0.15) is 29.5 Å². The number of carbonyl (C=O) groups is 2. The molecule has 4 rings (SSSR count). The highest BCUT2D eigenvalue weighted by atomic mass is 32.2. The number of rotatable bonds is 6. The van der Waals surface area contributed by atoms with Crippen LogP contribution < -0.4 is 5.32 Å². The summed E-state index contributed by atoms with van der Waals surface area (Å²) in [5.41, 5.74) is 3.27. The molecule has 0 bridgehead atoms. The maximum Gasteiger partial charge on any atom is 0.243 e. The first kappa shape index (κ1) is 22.5. The van der Waals surface area contributed by atoms with E-state index in [1.165, 1.54) is 9.87 Å². The van der Waals surface area contributed by atoms with E-state index in [0.717, 1.165) is 36.8 Å². The molecule has 0 aromatic heterocycles. The molecule has 170 valence electrons. The molecule has 2 aromatic rings. The maximum atomic E-state index is 13.1. The van der Waals surface area contributed by atoms with E-state index in [1.807, 2.05) is 42.5 Å². The zero-order valence-electron chi connectivity index (χ0n) is 18.1. The van der Waals surface area contributed by atoms with Crippen molar-refractivity contribution < 1.29 is 18.0 Å². The lowest BCUT2D eigenvalue weighted by molar-refractivity contribution is -0.133. The van der Waals surface area contributed by atoms with E-state index in [9.17, 15) is 18.0 Å². The number of amides is 2. The van der Waals surface area contributed by atoms with E-state index in [1.54, 1.807) is 11.0 Å². The predicted molar refractivity (Wildman–Crippen MR) is 122 cm³/mol. The summed E-state index contributed by atoms with van der Waals surface area (Å²) in [7, 11) is -3.58. The molecule has 2 amide bonds. The van der Waals surface area contributed by atoms with Gasteiger partial charge in [0.2, 0.25) is 21.8 Å². The van der Waals surface area contributed by atoms with Crippen LogP contribution in [0.2, 0.25) is 0 Å². The van der Waals surface area contributed by atoms with E-state index in [2.05, 4.69) is 5.32 Å². The summed E-state index contributed by atoms with van der Waals surface area (Å²) >= 11 is 0. The van der Waals surface area contributed by atoms with Crippen molar-refractivity contribution in [3.8, 4) is 0 Å². The molecule has 1 heterocycles. The van der Waals surface area contributed by atoms with Crippen molar-refractivity contribution in [1.82, 2.24) is 14.5 Å². The van der Waals surface area contributed by atoms with Crippen LogP contribution in [0, 0.1) is 0 Å². The van der Waals surface area contributed by atoms with Gasteiger partial charge in [0.25, 0.3) is 0 Å². The smallest absolute Gasteiger partial charge is 0.243 e. The number of nitrogens with one attached hydrogen (secondary N) is 1. The van der Waals surface area contributed by atoms with Gasteiger partial charge in [0.15, 0.2) is 0 Å². The Hall–Kier alpha value is -2.71. The lowest BCUT2D eigenvalue weighted by Gasteiger charge is -2.34. The SMILES string of the molecule is O=C(Cc1ccccc1)NCC(=O)N1CCN(S(=O)(=O)c2ccc3c(c2)CCCC3)CC1. The first-order chi connectivity index (χ1) is 15.4. The summed E-state index contributed by atoms with van der Waals surface area (Å²) in [5.74, 6) is -0.407. The van der Waals surface area contributed by atoms with Crippen LogP contribution >= 0.6 is 0 Å². The highest BCUT2D eigenvalue weighted by Crippen LogP contribution is 2.26. The second-order valence-electron chi connectivity index (χ2n) is 8.36. The molecule has 2 aliphatic rings. The third-order valence-corrected chi connectivity index (χ3v) is 8.09. The van der Waals surface area contributed by atoms with Crippen LogP contribution in [-0.2, 0) is 38.9 Å². The second-order valence-corrected chi connectivity index (χ2v) is 10.3. The molecular weight excluding hydrogens is 426 g/mol. The molecule has 1 fully saturated rings. The Morgan fingerprint density at radius 2 is 1.56 bits per heavy atom. The highest BCUT2D eigenvalue weighted by molar-refractivity contribution is 7.89. The van der Waals surface area contributed by atoms with Crippen molar-refractivity contribution in [2.45, 2.75) is 37.0 Å². The number of piperazine rings is 1. The number of fused-ring (bicyclic) bond motifs is 1. The number of hydrogen-bond donors (Lipinski definition) is 1. The zero-order chi connectivity index (χ0) is 22.6. The van der Waals surface area contributed by atoms with Gasteiger partial charge in [0.05, 0.1) is 17.9 Å². The Bertz CT molecular complexity index is 1080. The van der Waals surface area contributed by atoms with Crippen LogP contribution in [0.5, 0.6) is 0 Å². The van der Waals surface area contributed by atoms with Gasteiger partial charge >= 0.3 is 0 Å². The molecule has 7 nitrogen and oxygen atoms in total. The summed E-state index contributed by atoms with van der Waals surface area (Å²) in [6, 6.07) is 14.8. The van der Waals surface area contributed by atoms with Crippen molar-refractivity contribution in [2.75, 3.05) is 32.7 Å². The van der Waals surface area contributed by atoms with Gasteiger partial charge in [-0.2, -0.15) is 4.31 Å². The summed E-state index contributed by atoms with van der Waals surface area (Å²) in [4.78, 5) is 26.5. The molecule has 1 aliphatic carbocycles. The normalized spacial score (nSPS) is 16.9. The van der Waals surface area contributed by atoms with Gasteiger partial charge in [-0.05, 0) is 54.5 Å². The van der Waals surface area contributed by atoms with Gasteiger partial charge < -0.3 is 10.2 Å². The lowest BCUT2D eigenvalue weighted by Crippen LogP contribution is -2.52. The monoisotopic (exact) mass is 455 g/mol. The molecule has 32 heavy (non-hydrogen) atoms. The van der Waals surface area contributed by atoms with Gasteiger partial charge in [0, 0.05) is 26.2 Å². The van der Waals surface area contributed by atoms with Gasteiger partial charge in [-0.15, -0.1) is 0 Å². The largest absolute Gasteiger partial charge is 0.347 e. The van der Waals surface area contributed by atoms with E-state index in [0.29, 0.717) is 18.0 Å². The first-order valence-corrected chi connectivity index (χ1v) is 12.6. The zero-order valence-corrected chi connectivity index (χ0v) is 18.9. The van der Waals surface area contributed by atoms with Gasteiger partial charge in [-0.1, -0.05) is 36.4 Å². The summed E-state index contributed by atoms with van der Waals surface area (Å²) in [5, 5.41) is 2.66. The fourth-order valence-electron chi connectivity index (χ4n) is 4.33. The molecule has 2 aromatic carbocycles. The van der Waals surface area contributed by atoms with Gasteiger partial charge in [-0.25, -0.2) is 8.42 Å². The third kappa shape index (κ3) is 5.19. The minimum Gasteiger partial charge on any atom is -0.347 e. The Labute approximate surface area is 189 Å². The lowest BCUT2D eigenvalue weighted by atomic mass is 9.92. The Balaban J connectivity index is 1.28. The van der Waals surface area contributed by atoms with Crippen molar-refractivity contribution in [3.63, 3.8) is 0 Å². The van der Waals surface area contributed by atoms with Crippen molar-refractivity contribution in [3.05, 3.63) is 65.2 Å². The molecule has 1 aliphatic heterocycles. The number of hydrogen-bond acceptors (Lipinski definition) is 4. The van der Waals surface area contributed by atoms with E-state index < -0.39 is 10.0 Å². The standard InChI is InChI=1S/C24H29N3O4S/c28-23(16-19-6-2-1-3-7-19)25-18-24(29)26-12-14-27(15-13-26)32(30,31)22-11-10-20-8-4-5-9-21(20)17-22/h1-3,6-7,10-11,17H,4-5,8-9,12-16,18H2,(H,25,28). The van der Waals surface area contributed by atoms with Crippen LogP contribution in [0.15, 0.2) is 53.4 Å². The first-order valence-electron chi connectivity index (χ1n) is 11.1. The molecule has 8 heteroatoms. The Morgan fingerprint density at radius 1 is 0.875 bits per heavy atom. The number of carbonyl (C=O) groups excluding carboxylic acids is 2. The fraction of sp³-hybridized carbons (Fsp3) is 0.417. The van der Waals surface area contributed by atoms with Crippen molar-refractivity contribution in [2.24, 2.45) is 0 Å². The Morgan fingerprint density at radius 3 is 2.28 bits per heavy atom. The van der Waals surface area contributed by atoms with E-state index in [-0.39, 0.29) is 37.9 Å².